The highest BCUT2D eigenvalue weighted by molar-refractivity contribution is 7.10. The number of hydrogen-bond donors (Lipinski definition) is 0. The molecule has 33 heavy (non-hydrogen) atoms. The maximum atomic E-state index is 13.8. The van der Waals surface area contributed by atoms with Crippen LogP contribution < -0.4 is 19.8 Å². The van der Waals surface area contributed by atoms with Crippen LogP contribution in [0.15, 0.2) is 75.5 Å². The van der Waals surface area contributed by atoms with Crippen molar-refractivity contribution in [3.8, 4) is 0 Å². The van der Waals surface area contributed by atoms with E-state index in [0.29, 0.717) is 38.3 Å². The Labute approximate surface area is 196 Å². The molecule has 3 aromatic rings. The van der Waals surface area contributed by atoms with Crippen LogP contribution >= 0.6 is 22.7 Å². The Bertz CT molecular complexity index is 1530. The molecule has 1 unspecified atom stereocenters. The largest absolute Gasteiger partial charge is 0.466 e. The number of aromatic nitrogens is 1. The normalized spacial score (nSPS) is 18.7. The van der Waals surface area contributed by atoms with E-state index < -0.39 is 12.0 Å². The number of fused-ring (bicyclic) bond motifs is 2. The average Bonchev–Trinajstić information content (AvgIpc) is 3.51. The van der Waals surface area contributed by atoms with Crippen molar-refractivity contribution in [2.75, 3.05) is 18.6 Å². The van der Waals surface area contributed by atoms with Crippen molar-refractivity contribution in [3.05, 3.63) is 95.8 Å². The van der Waals surface area contributed by atoms with E-state index in [1.54, 1.807) is 17.9 Å². The third kappa shape index (κ3) is 3.15. The molecule has 2 aliphatic rings. The average molecular weight is 478 g/mol. The summed E-state index contributed by atoms with van der Waals surface area (Å²) in [5.41, 5.74) is 2.24. The molecule has 9 heteroatoms. The molecule has 4 heterocycles. The fourth-order valence-corrected chi connectivity index (χ4v) is 6.23. The molecule has 0 N–H and O–H groups in total. The maximum Gasteiger partial charge on any atom is 0.338 e. The van der Waals surface area contributed by atoms with Crippen LogP contribution in [0, 0.1) is 0 Å². The van der Waals surface area contributed by atoms with Crippen molar-refractivity contribution in [3.63, 3.8) is 0 Å². The SMILES string of the molecule is C=CCN1C(=O)C(=c2sc3n(c2=O)C(c2cccs2)C(C(=O)OC)=C(C)N=3)c2ccccc21. The zero-order valence-corrected chi connectivity index (χ0v) is 19.5. The van der Waals surface area contributed by atoms with E-state index in [4.69, 9.17) is 4.74 Å². The fraction of sp³-hybridized carbons (Fsp3) is 0.167. The van der Waals surface area contributed by atoms with Crippen LogP contribution in [0.2, 0.25) is 0 Å². The van der Waals surface area contributed by atoms with Crippen molar-refractivity contribution in [2.24, 2.45) is 4.99 Å². The number of para-hydroxylation sites is 1. The Kier molecular flexibility index (Phi) is 5.22. The molecule has 0 spiro atoms. The summed E-state index contributed by atoms with van der Waals surface area (Å²) in [6.45, 7) is 5.82. The first-order chi connectivity index (χ1) is 16.0. The van der Waals surface area contributed by atoms with Gasteiger partial charge in [-0.3, -0.25) is 14.2 Å². The Morgan fingerprint density at radius 1 is 1.24 bits per heavy atom. The first kappa shape index (κ1) is 21.3. The van der Waals surface area contributed by atoms with Gasteiger partial charge >= 0.3 is 5.97 Å². The highest BCUT2D eigenvalue weighted by Gasteiger charge is 2.37. The summed E-state index contributed by atoms with van der Waals surface area (Å²) in [5, 5.41) is 1.89. The van der Waals surface area contributed by atoms with Gasteiger partial charge in [0.25, 0.3) is 11.5 Å². The van der Waals surface area contributed by atoms with Crippen molar-refractivity contribution >= 4 is 45.8 Å². The van der Waals surface area contributed by atoms with Gasteiger partial charge in [-0.25, -0.2) is 9.79 Å². The van der Waals surface area contributed by atoms with E-state index in [9.17, 15) is 14.4 Å². The molecule has 0 fully saturated rings. The van der Waals surface area contributed by atoms with E-state index in [1.807, 2.05) is 41.8 Å². The van der Waals surface area contributed by atoms with Crippen LogP contribution in [0.3, 0.4) is 0 Å². The number of esters is 1. The van der Waals surface area contributed by atoms with Gasteiger partial charge < -0.3 is 9.64 Å². The molecular weight excluding hydrogens is 458 g/mol. The fourth-order valence-electron chi connectivity index (χ4n) is 4.27. The number of thiazole rings is 1. The summed E-state index contributed by atoms with van der Waals surface area (Å²) in [5.74, 6) is -0.787. The standard InChI is InChI=1S/C24H19N3O4S2/c1-4-11-26-15-9-6-5-8-14(15)18(21(26)28)20-22(29)27-19(16-10-7-12-32-16)17(23(30)31-3)13(2)25-24(27)33-20/h4-10,12,19H,1,11H2,2-3H3. The number of benzene rings is 1. The van der Waals surface area contributed by atoms with Gasteiger partial charge in [-0.2, -0.15) is 0 Å². The summed E-state index contributed by atoms with van der Waals surface area (Å²) in [6, 6.07) is 10.5. The van der Waals surface area contributed by atoms with Crippen LogP contribution in [0.5, 0.6) is 0 Å². The van der Waals surface area contributed by atoms with Gasteiger partial charge in [-0.1, -0.05) is 41.7 Å². The number of allylic oxidation sites excluding steroid dienone is 1. The van der Waals surface area contributed by atoms with Crippen molar-refractivity contribution < 1.29 is 14.3 Å². The highest BCUT2D eigenvalue weighted by Crippen LogP contribution is 2.36. The van der Waals surface area contributed by atoms with E-state index in [1.165, 1.54) is 23.0 Å². The first-order valence-electron chi connectivity index (χ1n) is 10.2. The molecule has 2 aliphatic heterocycles. The number of rotatable bonds is 4. The number of methoxy groups -OCH3 is 1. The first-order valence-corrected chi connectivity index (χ1v) is 11.9. The summed E-state index contributed by atoms with van der Waals surface area (Å²) in [7, 11) is 1.31. The van der Waals surface area contributed by atoms with Crippen LogP contribution in [-0.2, 0) is 14.3 Å². The predicted molar refractivity (Wildman–Crippen MR) is 128 cm³/mol. The lowest BCUT2D eigenvalue weighted by Crippen LogP contribution is -2.40. The second-order valence-electron chi connectivity index (χ2n) is 7.51. The lowest BCUT2D eigenvalue weighted by molar-refractivity contribution is -0.136. The smallest absolute Gasteiger partial charge is 0.338 e. The van der Waals surface area contributed by atoms with Gasteiger partial charge in [0.05, 0.1) is 29.6 Å². The molecule has 1 aromatic carbocycles. The van der Waals surface area contributed by atoms with Gasteiger partial charge in [0.1, 0.15) is 10.6 Å². The summed E-state index contributed by atoms with van der Waals surface area (Å²) < 4.78 is 6.82. The number of anilines is 1. The minimum Gasteiger partial charge on any atom is -0.466 e. The molecule has 0 bridgehead atoms. The van der Waals surface area contributed by atoms with Crippen molar-refractivity contribution in [2.45, 2.75) is 13.0 Å². The molecule has 1 amide bonds. The van der Waals surface area contributed by atoms with Gasteiger partial charge in [0, 0.05) is 17.0 Å². The van der Waals surface area contributed by atoms with E-state index >= 15 is 0 Å². The van der Waals surface area contributed by atoms with Crippen LogP contribution in [0.1, 0.15) is 23.4 Å². The molecule has 0 saturated carbocycles. The number of ether oxygens (including phenoxy) is 1. The zero-order valence-electron chi connectivity index (χ0n) is 17.9. The highest BCUT2D eigenvalue weighted by atomic mass is 32.1. The summed E-state index contributed by atoms with van der Waals surface area (Å²) in [4.78, 5) is 47.3. The molecule has 0 saturated heterocycles. The zero-order chi connectivity index (χ0) is 23.3. The minimum absolute atomic E-state index is 0.252. The number of carbonyl (C=O) groups is 2. The number of nitrogens with zero attached hydrogens (tertiary/aromatic N) is 3. The van der Waals surface area contributed by atoms with Crippen LogP contribution in [0.4, 0.5) is 5.69 Å². The molecule has 166 valence electrons. The lowest BCUT2D eigenvalue weighted by Gasteiger charge is -2.22. The predicted octanol–water partition coefficient (Wildman–Crippen LogP) is 2.37. The number of thiophene rings is 1. The quantitative estimate of drug-likeness (QED) is 0.427. The lowest BCUT2D eigenvalue weighted by atomic mass is 10.0. The molecule has 7 nitrogen and oxygen atoms in total. The van der Waals surface area contributed by atoms with E-state index in [0.717, 1.165) is 21.9 Å². The van der Waals surface area contributed by atoms with E-state index in [-0.39, 0.29) is 11.5 Å². The molecule has 2 aromatic heterocycles. The monoisotopic (exact) mass is 477 g/mol. The van der Waals surface area contributed by atoms with Gasteiger partial charge in [0.2, 0.25) is 0 Å². The van der Waals surface area contributed by atoms with Crippen molar-refractivity contribution in [1.29, 1.82) is 0 Å². The topological polar surface area (TPSA) is 81.0 Å². The second kappa shape index (κ2) is 8.09. The Morgan fingerprint density at radius 3 is 2.73 bits per heavy atom. The molecular formula is C24H19N3O4S2. The Hall–Kier alpha value is -3.56. The van der Waals surface area contributed by atoms with E-state index in [2.05, 4.69) is 11.6 Å². The third-order valence-electron chi connectivity index (χ3n) is 5.68. The summed E-state index contributed by atoms with van der Waals surface area (Å²) >= 11 is 2.61. The van der Waals surface area contributed by atoms with Crippen LogP contribution in [-0.4, -0.2) is 30.1 Å². The molecule has 0 aliphatic carbocycles. The number of amides is 1. The number of hydrogen-bond acceptors (Lipinski definition) is 7. The molecule has 1 atom stereocenters. The van der Waals surface area contributed by atoms with Gasteiger partial charge in [-0.05, 0) is 24.4 Å². The second-order valence-corrected chi connectivity index (χ2v) is 9.46. The number of carbonyl (C=O) groups excluding carboxylic acids is 2. The van der Waals surface area contributed by atoms with Gasteiger partial charge in [-0.15, -0.1) is 17.9 Å². The minimum atomic E-state index is -0.668. The molecule has 5 rings (SSSR count). The Morgan fingerprint density at radius 2 is 2.03 bits per heavy atom. The molecule has 0 radical (unpaired) electrons. The van der Waals surface area contributed by atoms with Crippen LogP contribution in [0.25, 0.3) is 5.57 Å². The maximum absolute atomic E-state index is 13.8. The van der Waals surface area contributed by atoms with Gasteiger partial charge in [0.15, 0.2) is 4.80 Å². The Balaban J connectivity index is 1.84. The summed E-state index contributed by atoms with van der Waals surface area (Å²) in [6.07, 6.45) is 1.65. The van der Waals surface area contributed by atoms with Crippen molar-refractivity contribution in [1.82, 2.24) is 4.57 Å². The third-order valence-corrected chi connectivity index (χ3v) is 7.66.